The predicted molar refractivity (Wildman–Crippen MR) is 121 cm³/mol. The highest BCUT2D eigenvalue weighted by atomic mass is 19.4. The van der Waals surface area contributed by atoms with Gasteiger partial charge in [0.2, 0.25) is 0 Å². The van der Waals surface area contributed by atoms with Crippen molar-refractivity contribution in [1.29, 1.82) is 0 Å². The molecule has 9 heteroatoms. The first-order chi connectivity index (χ1) is 16.6. The lowest BCUT2D eigenvalue weighted by molar-refractivity contribution is -0.343. The highest BCUT2D eigenvalue weighted by Gasteiger charge is 2.70. The third-order valence-electron chi connectivity index (χ3n) is 8.57. The number of aliphatic hydroxyl groups is 3. The molecule has 0 radical (unpaired) electrons. The number of hydrogen-bond acceptors (Lipinski definition) is 3. The molecular weight excluding hydrogens is 486 g/mol. The van der Waals surface area contributed by atoms with Crippen LogP contribution in [0.4, 0.5) is 26.3 Å². The Hall–Kier alpha value is -1.76. The molecule has 0 aromatic rings. The van der Waals surface area contributed by atoms with E-state index in [1.807, 2.05) is 6.08 Å². The summed E-state index contributed by atoms with van der Waals surface area (Å²) in [6, 6.07) is 0. The van der Waals surface area contributed by atoms with E-state index in [-0.39, 0.29) is 17.8 Å². The Bertz CT molecular complexity index is 995. The fourth-order valence-corrected chi connectivity index (χ4v) is 6.51. The van der Waals surface area contributed by atoms with Crippen LogP contribution in [0.25, 0.3) is 0 Å². The third kappa shape index (κ3) is 4.89. The monoisotopic (exact) mass is 518 g/mol. The van der Waals surface area contributed by atoms with Gasteiger partial charge in [-0.1, -0.05) is 47.8 Å². The van der Waals surface area contributed by atoms with Gasteiger partial charge in [-0.2, -0.15) is 26.3 Å². The van der Waals surface area contributed by atoms with Gasteiger partial charge in [0.05, 0.1) is 12.2 Å². The summed E-state index contributed by atoms with van der Waals surface area (Å²) >= 11 is 0. The molecule has 4 aliphatic carbocycles. The van der Waals surface area contributed by atoms with Gasteiger partial charge >= 0.3 is 18.0 Å². The Balaban J connectivity index is 1.53. The van der Waals surface area contributed by atoms with E-state index in [2.05, 4.69) is 25.0 Å². The molecule has 0 bridgehead atoms. The lowest BCUT2D eigenvalue weighted by Gasteiger charge is -2.43. The molecule has 0 aromatic carbocycles. The van der Waals surface area contributed by atoms with Gasteiger partial charge in [0.25, 0.3) is 0 Å². The summed E-state index contributed by atoms with van der Waals surface area (Å²) < 4.78 is 77.9. The predicted octanol–water partition coefficient (Wildman–Crippen LogP) is 5.91. The van der Waals surface area contributed by atoms with Crippen molar-refractivity contribution in [2.45, 2.75) is 101 Å². The second-order valence-electron chi connectivity index (χ2n) is 11.2. The summed E-state index contributed by atoms with van der Waals surface area (Å²) in [7, 11) is 0. The number of hydrogen-bond donors (Lipinski definition) is 3. The Morgan fingerprint density at radius 3 is 2.17 bits per heavy atom. The molecule has 0 spiro atoms. The molecule has 0 aromatic heterocycles. The highest BCUT2D eigenvalue weighted by molar-refractivity contribution is 5.41. The van der Waals surface area contributed by atoms with Crippen LogP contribution in [-0.2, 0) is 0 Å². The summed E-state index contributed by atoms with van der Waals surface area (Å²) in [4.78, 5) is 0. The molecule has 0 heterocycles. The molecule has 0 amide bonds. The van der Waals surface area contributed by atoms with Gasteiger partial charge in [0.15, 0.2) is 0 Å². The standard InChI is InChI=1S/C27H32F6O3/c1-23-9-2-4-18(6-5-17-14-19(34)16-20(35)15-17)21(23)7-8-22(23)24(12-13-24)10-3-11-25(36,26(28,29)30)27(31,32)33/h5-6,8,19-21,34-36H,2,4,7,9-10,12-16H2,1H3/t19-,20?,21?,23+/m1/s1. The van der Waals surface area contributed by atoms with Crippen LogP contribution < -0.4 is 0 Å². The van der Waals surface area contributed by atoms with Crippen molar-refractivity contribution < 1.29 is 41.7 Å². The van der Waals surface area contributed by atoms with Crippen molar-refractivity contribution in [2.75, 3.05) is 0 Å². The van der Waals surface area contributed by atoms with Crippen LogP contribution in [0.1, 0.15) is 71.1 Å². The van der Waals surface area contributed by atoms with Crippen LogP contribution in [-0.4, -0.2) is 45.5 Å². The van der Waals surface area contributed by atoms with Crippen LogP contribution in [0.2, 0.25) is 0 Å². The first-order valence-electron chi connectivity index (χ1n) is 12.4. The molecule has 4 atom stereocenters. The van der Waals surface area contributed by atoms with Gasteiger partial charge in [-0.25, -0.2) is 0 Å². The van der Waals surface area contributed by atoms with Crippen molar-refractivity contribution >= 4 is 0 Å². The summed E-state index contributed by atoms with van der Waals surface area (Å²) in [5.74, 6) is 3.37. The van der Waals surface area contributed by atoms with E-state index in [4.69, 9.17) is 0 Å². The van der Waals surface area contributed by atoms with E-state index in [0.717, 1.165) is 42.7 Å². The second kappa shape index (κ2) is 9.21. The van der Waals surface area contributed by atoms with Crippen LogP contribution in [0.5, 0.6) is 0 Å². The third-order valence-corrected chi connectivity index (χ3v) is 8.57. The molecule has 200 valence electrons. The number of allylic oxidation sites excluding steroid dienone is 5. The van der Waals surface area contributed by atoms with Gasteiger partial charge in [-0.05, 0) is 75.0 Å². The van der Waals surface area contributed by atoms with Crippen molar-refractivity contribution in [3.8, 4) is 11.8 Å². The van der Waals surface area contributed by atoms with Gasteiger partial charge < -0.3 is 15.3 Å². The number of halogens is 6. The summed E-state index contributed by atoms with van der Waals surface area (Å²) in [6.45, 7) is 2.13. The average molecular weight is 519 g/mol. The van der Waals surface area contributed by atoms with E-state index >= 15 is 0 Å². The van der Waals surface area contributed by atoms with Crippen LogP contribution >= 0.6 is 0 Å². The molecule has 4 aliphatic rings. The van der Waals surface area contributed by atoms with Gasteiger partial charge in [-0.3, -0.25) is 0 Å². The molecule has 3 saturated carbocycles. The van der Waals surface area contributed by atoms with E-state index < -0.39 is 35.6 Å². The zero-order valence-electron chi connectivity index (χ0n) is 20.1. The largest absolute Gasteiger partial charge is 0.438 e. The van der Waals surface area contributed by atoms with Crippen LogP contribution in [0.15, 0.2) is 34.9 Å². The SMILES string of the molecule is C[C@]12CCCC(=CC=C3CC(O)C[C@H](O)C3)C1CC=C2C1(CC#CC(O)(C(F)(F)F)C(F)(F)F)CC1. The number of fused-ring (bicyclic) bond motifs is 1. The summed E-state index contributed by atoms with van der Waals surface area (Å²) in [6.07, 6.45) is -0.870. The van der Waals surface area contributed by atoms with Crippen molar-refractivity contribution in [3.63, 3.8) is 0 Å². The second-order valence-corrected chi connectivity index (χ2v) is 11.2. The van der Waals surface area contributed by atoms with Crippen molar-refractivity contribution in [2.24, 2.45) is 16.7 Å². The molecule has 0 saturated heterocycles. The quantitative estimate of drug-likeness (QED) is 0.247. The fraction of sp³-hybridized carbons (Fsp3) is 0.704. The topological polar surface area (TPSA) is 60.7 Å². The molecule has 3 N–H and O–H groups in total. The minimum Gasteiger partial charge on any atom is -0.393 e. The number of aliphatic hydroxyl groups excluding tert-OH is 2. The summed E-state index contributed by atoms with van der Waals surface area (Å²) in [5, 5.41) is 29.2. The molecule has 2 unspecified atom stereocenters. The molecular formula is C27H32F6O3. The van der Waals surface area contributed by atoms with Gasteiger partial charge in [-0.15, -0.1) is 0 Å². The Kier molecular flexibility index (Phi) is 6.98. The van der Waals surface area contributed by atoms with E-state index in [1.165, 1.54) is 5.57 Å². The number of rotatable bonds is 3. The van der Waals surface area contributed by atoms with Crippen LogP contribution in [0, 0.1) is 28.6 Å². The highest BCUT2D eigenvalue weighted by Crippen LogP contribution is 2.67. The maximum absolute atomic E-state index is 13.0. The lowest BCUT2D eigenvalue weighted by atomic mass is 9.61. The Morgan fingerprint density at radius 1 is 1.00 bits per heavy atom. The molecule has 0 aliphatic heterocycles. The number of alkyl halides is 6. The van der Waals surface area contributed by atoms with E-state index in [9.17, 15) is 41.7 Å². The minimum absolute atomic E-state index is 0.158. The normalized spacial score (nSPS) is 34.7. The first kappa shape index (κ1) is 27.3. The summed E-state index contributed by atoms with van der Waals surface area (Å²) in [5.41, 5.74) is -2.55. The Labute approximate surface area is 207 Å². The minimum atomic E-state index is -5.94. The van der Waals surface area contributed by atoms with Crippen LogP contribution in [0.3, 0.4) is 0 Å². The van der Waals surface area contributed by atoms with E-state index in [1.54, 1.807) is 0 Å². The zero-order chi connectivity index (χ0) is 26.6. The molecule has 4 rings (SSSR count). The van der Waals surface area contributed by atoms with Crippen molar-refractivity contribution in [3.05, 3.63) is 34.9 Å². The molecule has 3 nitrogen and oxygen atoms in total. The lowest BCUT2D eigenvalue weighted by Crippen LogP contribution is -2.55. The maximum Gasteiger partial charge on any atom is 0.438 e. The maximum atomic E-state index is 13.0. The van der Waals surface area contributed by atoms with Crippen molar-refractivity contribution in [1.82, 2.24) is 0 Å². The molecule has 36 heavy (non-hydrogen) atoms. The smallest absolute Gasteiger partial charge is 0.393 e. The van der Waals surface area contributed by atoms with E-state index in [0.29, 0.717) is 32.1 Å². The zero-order valence-corrected chi connectivity index (χ0v) is 20.1. The molecule has 3 fully saturated rings. The average Bonchev–Trinajstić information content (AvgIpc) is 3.42. The Morgan fingerprint density at radius 2 is 1.61 bits per heavy atom. The van der Waals surface area contributed by atoms with Gasteiger partial charge in [0, 0.05) is 11.8 Å². The first-order valence-corrected chi connectivity index (χ1v) is 12.4. The fourth-order valence-electron chi connectivity index (χ4n) is 6.51. The van der Waals surface area contributed by atoms with Gasteiger partial charge in [0.1, 0.15) is 0 Å².